The van der Waals surface area contributed by atoms with Crippen LogP contribution in [0.3, 0.4) is 0 Å². The second-order valence-electron chi connectivity index (χ2n) is 4.58. The monoisotopic (exact) mass is 272 g/mol. The minimum atomic E-state index is -0.487. The Morgan fingerprint density at radius 1 is 1.10 bits per heavy atom. The third kappa shape index (κ3) is 3.63. The molecule has 0 spiro atoms. The molecule has 3 nitrogen and oxygen atoms in total. The first-order valence-electron chi connectivity index (χ1n) is 6.63. The lowest BCUT2D eigenvalue weighted by atomic mass is 10.0. The lowest BCUT2D eigenvalue weighted by Crippen LogP contribution is -2.00. The molecule has 1 heterocycles. The summed E-state index contributed by atoms with van der Waals surface area (Å²) in [5.74, 6) is -0.487. The molecule has 4 heteroatoms. The van der Waals surface area contributed by atoms with E-state index < -0.39 is 5.82 Å². The van der Waals surface area contributed by atoms with E-state index in [-0.39, 0.29) is 5.69 Å². The van der Waals surface area contributed by atoms with Gasteiger partial charge in [0, 0.05) is 5.69 Å². The van der Waals surface area contributed by atoms with Crippen LogP contribution in [0.2, 0.25) is 0 Å². The van der Waals surface area contributed by atoms with Crippen molar-refractivity contribution < 1.29 is 9.60 Å². The Bertz CT molecular complexity index is 594. The molecule has 0 bridgehead atoms. The minimum absolute atomic E-state index is 0.0614. The summed E-state index contributed by atoms with van der Waals surface area (Å²) < 4.78 is 13.3. The van der Waals surface area contributed by atoms with E-state index in [0.717, 1.165) is 31.2 Å². The molecule has 0 fully saturated rings. The molecule has 104 valence electrons. The highest BCUT2D eigenvalue weighted by Crippen LogP contribution is 2.10. The van der Waals surface area contributed by atoms with Gasteiger partial charge in [0.15, 0.2) is 5.82 Å². The SMILES string of the molecule is CCc1ccc(CCc2ccc(F)c(C=NO)n2)cc1. The molecule has 0 unspecified atom stereocenters. The van der Waals surface area contributed by atoms with Crippen molar-refractivity contribution in [2.24, 2.45) is 5.16 Å². The van der Waals surface area contributed by atoms with E-state index in [1.54, 1.807) is 6.07 Å². The molecule has 0 saturated carbocycles. The molecule has 0 aliphatic heterocycles. The van der Waals surface area contributed by atoms with Crippen LogP contribution in [0.15, 0.2) is 41.6 Å². The maximum Gasteiger partial charge on any atom is 0.150 e. The van der Waals surface area contributed by atoms with Crippen LogP contribution in [-0.4, -0.2) is 16.4 Å². The van der Waals surface area contributed by atoms with Crippen LogP contribution < -0.4 is 0 Å². The maximum atomic E-state index is 13.3. The number of aryl methyl sites for hydroxylation is 3. The number of hydrogen-bond donors (Lipinski definition) is 1. The average Bonchev–Trinajstić information content (AvgIpc) is 2.49. The number of nitrogens with zero attached hydrogens (tertiary/aromatic N) is 2. The van der Waals surface area contributed by atoms with E-state index in [1.807, 2.05) is 0 Å². The summed E-state index contributed by atoms with van der Waals surface area (Å²) in [5, 5.41) is 11.3. The molecule has 0 radical (unpaired) electrons. The lowest BCUT2D eigenvalue weighted by Gasteiger charge is -2.04. The molecule has 0 aliphatic carbocycles. The van der Waals surface area contributed by atoms with Gasteiger partial charge in [0.1, 0.15) is 5.69 Å². The smallest absolute Gasteiger partial charge is 0.150 e. The molecule has 2 rings (SSSR count). The molecule has 0 aliphatic rings. The van der Waals surface area contributed by atoms with Gasteiger partial charge in [0.2, 0.25) is 0 Å². The van der Waals surface area contributed by atoms with Crippen LogP contribution in [-0.2, 0) is 19.3 Å². The highest BCUT2D eigenvalue weighted by Gasteiger charge is 2.04. The zero-order valence-corrected chi connectivity index (χ0v) is 11.4. The fourth-order valence-corrected chi connectivity index (χ4v) is 2.00. The third-order valence-electron chi connectivity index (χ3n) is 3.21. The van der Waals surface area contributed by atoms with E-state index >= 15 is 0 Å². The second kappa shape index (κ2) is 6.80. The van der Waals surface area contributed by atoms with Crippen molar-refractivity contribution >= 4 is 6.21 Å². The Morgan fingerprint density at radius 3 is 2.45 bits per heavy atom. The highest BCUT2D eigenvalue weighted by atomic mass is 19.1. The highest BCUT2D eigenvalue weighted by molar-refractivity contribution is 5.76. The molecule has 1 aromatic heterocycles. The van der Waals surface area contributed by atoms with Crippen LogP contribution >= 0.6 is 0 Å². The summed E-state index contributed by atoms with van der Waals surface area (Å²) in [4.78, 5) is 4.13. The number of rotatable bonds is 5. The summed E-state index contributed by atoms with van der Waals surface area (Å²) in [5.41, 5.74) is 3.38. The Hall–Kier alpha value is -2.23. The van der Waals surface area contributed by atoms with Gasteiger partial charge in [0.25, 0.3) is 0 Å². The van der Waals surface area contributed by atoms with Gasteiger partial charge in [-0.2, -0.15) is 0 Å². The predicted octanol–water partition coefficient (Wildman–Crippen LogP) is 3.38. The van der Waals surface area contributed by atoms with Crippen molar-refractivity contribution in [3.8, 4) is 0 Å². The quantitative estimate of drug-likeness (QED) is 0.515. The summed E-state index contributed by atoms with van der Waals surface area (Å²) in [6.45, 7) is 2.13. The Morgan fingerprint density at radius 2 is 1.80 bits per heavy atom. The Labute approximate surface area is 117 Å². The largest absolute Gasteiger partial charge is 0.411 e. The van der Waals surface area contributed by atoms with E-state index in [2.05, 4.69) is 41.3 Å². The number of aromatic nitrogens is 1. The van der Waals surface area contributed by atoms with Crippen LogP contribution in [0.5, 0.6) is 0 Å². The molecular formula is C16H17FN2O. The van der Waals surface area contributed by atoms with Gasteiger partial charge in [-0.1, -0.05) is 36.3 Å². The standard InChI is InChI=1S/C16H17FN2O/c1-2-12-3-5-13(6-4-12)7-8-14-9-10-15(17)16(19-14)11-18-20/h3-6,9-11,20H,2,7-8H2,1H3. The second-order valence-corrected chi connectivity index (χ2v) is 4.58. The summed E-state index contributed by atoms with van der Waals surface area (Å²) >= 11 is 0. The molecule has 0 amide bonds. The van der Waals surface area contributed by atoms with Crippen molar-refractivity contribution in [2.45, 2.75) is 26.2 Å². The zero-order chi connectivity index (χ0) is 14.4. The van der Waals surface area contributed by atoms with Gasteiger partial charge in [0.05, 0.1) is 6.21 Å². The van der Waals surface area contributed by atoms with Gasteiger partial charge in [-0.25, -0.2) is 9.37 Å². The number of hydrogen-bond acceptors (Lipinski definition) is 3. The number of benzene rings is 1. The molecule has 2 aromatic rings. The molecule has 0 atom stereocenters. The molecular weight excluding hydrogens is 255 g/mol. The lowest BCUT2D eigenvalue weighted by molar-refractivity contribution is 0.321. The van der Waals surface area contributed by atoms with E-state index in [9.17, 15) is 4.39 Å². The van der Waals surface area contributed by atoms with E-state index in [1.165, 1.54) is 17.2 Å². The first-order chi connectivity index (χ1) is 9.72. The Balaban J connectivity index is 2.04. The molecule has 1 aromatic carbocycles. The summed E-state index contributed by atoms with van der Waals surface area (Å²) in [6, 6.07) is 11.5. The normalized spacial score (nSPS) is 11.1. The minimum Gasteiger partial charge on any atom is -0.411 e. The summed E-state index contributed by atoms with van der Waals surface area (Å²) in [6.07, 6.45) is 3.61. The predicted molar refractivity (Wildman–Crippen MR) is 76.8 cm³/mol. The van der Waals surface area contributed by atoms with E-state index in [4.69, 9.17) is 5.21 Å². The number of halogens is 1. The maximum absolute atomic E-state index is 13.3. The molecule has 20 heavy (non-hydrogen) atoms. The zero-order valence-electron chi connectivity index (χ0n) is 11.4. The van der Waals surface area contributed by atoms with Crippen molar-refractivity contribution in [3.05, 3.63) is 64.7 Å². The number of oxime groups is 1. The Kier molecular flexibility index (Phi) is 4.82. The fraction of sp³-hybridized carbons (Fsp3) is 0.250. The van der Waals surface area contributed by atoms with Crippen molar-refractivity contribution in [2.75, 3.05) is 0 Å². The van der Waals surface area contributed by atoms with Crippen molar-refractivity contribution in [3.63, 3.8) is 0 Å². The average molecular weight is 272 g/mol. The van der Waals surface area contributed by atoms with Gasteiger partial charge < -0.3 is 5.21 Å². The third-order valence-corrected chi connectivity index (χ3v) is 3.21. The van der Waals surface area contributed by atoms with Crippen LogP contribution in [0, 0.1) is 5.82 Å². The van der Waals surface area contributed by atoms with Gasteiger partial charge in [-0.15, -0.1) is 0 Å². The van der Waals surface area contributed by atoms with Crippen LogP contribution in [0.4, 0.5) is 4.39 Å². The van der Waals surface area contributed by atoms with Crippen molar-refractivity contribution in [1.82, 2.24) is 4.98 Å². The summed E-state index contributed by atoms with van der Waals surface area (Å²) in [7, 11) is 0. The van der Waals surface area contributed by atoms with Crippen LogP contribution in [0.1, 0.15) is 29.4 Å². The first-order valence-corrected chi connectivity index (χ1v) is 6.63. The number of pyridine rings is 1. The van der Waals surface area contributed by atoms with Gasteiger partial charge in [-0.05, 0) is 42.5 Å². The van der Waals surface area contributed by atoms with Gasteiger partial charge >= 0.3 is 0 Å². The topological polar surface area (TPSA) is 45.5 Å². The van der Waals surface area contributed by atoms with Crippen molar-refractivity contribution in [1.29, 1.82) is 0 Å². The molecule has 1 N–H and O–H groups in total. The first kappa shape index (κ1) is 14.2. The van der Waals surface area contributed by atoms with Gasteiger partial charge in [-0.3, -0.25) is 0 Å². The fourth-order valence-electron chi connectivity index (χ4n) is 2.00. The molecule has 0 saturated heterocycles. The van der Waals surface area contributed by atoms with Crippen LogP contribution in [0.25, 0.3) is 0 Å². The van der Waals surface area contributed by atoms with E-state index in [0.29, 0.717) is 0 Å².